The standard InChI is InChI=1S/C28H42N6O/c1-30-26(19-34-13-5-4-6-14-34)25(17-29)21-7-8-22-18-31-27(16-23(22)15-21)32-28(35)20-9-11-24(12-10-20)33(2)3/h7-8,15-18,20,24,28-30,35H,4-6,9-14,19H2,1-3H3,(H,31,32)/b26-25+,29-17?. The molecule has 2 aromatic rings. The van der Waals surface area contributed by atoms with Crippen LogP contribution < -0.4 is 10.6 Å². The van der Waals surface area contributed by atoms with Crippen LogP contribution in [0.1, 0.15) is 50.5 Å². The van der Waals surface area contributed by atoms with Crippen LogP contribution in [0.4, 0.5) is 5.82 Å². The normalized spacial score (nSPS) is 23.1. The molecule has 2 fully saturated rings. The van der Waals surface area contributed by atoms with E-state index in [9.17, 15) is 5.11 Å². The fraction of sp³-hybridized carbons (Fsp3) is 0.571. The molecule has 7 nitrogen and oxygen atoms in total. The van der Waals surface area contributed by atoms with E-state index >= 15 is 0 Å². The summed E-state index contributed by atoms with van der Waals surface area (Å²) in [6.45, 7) is 3.08. The molecule has 1 saturated carbocycles. The van der Waals surface area contributed by atoms with Crippen molar-refractivity contribution in [1.82, 2.24) is 20.1 Å². The molecule has 2 aliphatic rings. The van der Waals surface area contributed by atoms with Gasteiger partial charge in [-0.25, -0.2) is 4.98 Å². The van der Waals surface area contributed by atoms with Crippen molar-refractivity contribution in [3.63, 3.8) is 0 Å². The van der Waals surface area contributed by atoms with E-state index in [2.05, 4.69) is 57.7 Å². The zero-order valence-corrected chi connectivity index (χ0v) is 21.6. The number of hydrogen-bond donors (Lipinski definition) is 4. The van der Waals surface area contributed by atoms with Gasteiger partial charge in [0.25, 0.3) is 0 Å². The predicted octanol–water partition coefficient (Wildman–Crippen LogP) is 4.15. The number of fused-ring (bicyclic) bond motifs is 1. The maximum absolute atomic E-state index is 10.9. The number of pyridine rings is 1. The first-order valence-electron chi connectivity index (χ1n) is 13.1. The molecule has 7 heteroatoms. The number of benzene rings is 1. The highest BCUT2D eigenvalue weighted by molar-refractivity contribution is 6.10. The summed E-state index contributed by atoms with van der Waals surface area (Å²) in [5.74, 6) is 0.940. The largest absolute Gasteiger partial charge is 0.390 e. The maximum atomic E-state index is 10.9. The molecular formula is C28H42N6O. The second-order valence-corrected chi connectivity index (χ2v) is 10.4. The molecule has 1 saturated heterocycles. The SMILES string of the molecule is CN/C(CN1CCCCC1)=C(\C=N)c1ccc2cnc(NC(O)C3CCC(N(C)C)CC3)cc2c1. The second kappa shape index (κ2) is 12.0. The number of anilines is 1. The van der Waals surface area contributed by atoms with Crippen LogP contribution in [0.2, 0.25) is 0 Å². The van der Waals surface area contributed by atoms with E-state index < -0.39 is 6.23 Å². The van der Waals surface area contributed by atoms with Crippen LogP contribution in [0.5, 0.6) is 0 Å². The first-order chi connectivity index (χ1) is 17.0. The Morgan fingerprint density at radius 2 is 1.89 bits per heavy atom. The summed E-state index contributed by atoms with van der Waals surface area (Å²) >= 11 is 0. The van der Waals surface area contributed by atoms with Crippen LogP contribution in [0.25, 0.3) is 16.3 Å². The molecule has 1 atom stereocenters. The number of allylic oxidation sites excluding steroid dienone is 1. The van der Waals surface area contributed by atoms with Gasteiger partial charge in [0.05, 0.1) is 0 Å². The van der Waals surface area contributed by atoms with Crippen molar-refractivity contribution in [2.24, 2.45) is 5.92 Å². The van der Waals surface area contributed by atoms with Crippen molar-refractivity contribution in [3.05, 3.63) is 41.7 Å². The van der Waals surface area contributed by atoms with E-state index in [-0.39, 0.29) is 5.92 Å². The summed E-state index contributed by atoms with van der Waals surface area (Å²) in [6.07, 6.45) is 10.8. The van der Waals surface area contributed by atoms with Crippen LogP contribution in [0.3, 0.4) is 0 Å². The second-order valence-electron chi connectivity index (χ2n) is 10.4. The van der Waals surface area contributed by atoms with E-state index in [0.717, 1.165) is 72.9 Å². The van der Waals surface area contributed by atoms with Crippen molar-refractivity contribution < 1.29 is 5.11 Å². The molecule has 0 radical (unpaired) electrons. The summed E-state index contributed by atoms with van der Waals surface area (Å²) < 4.78 is 0. The van der Waals surface area contributed by atoms with Gasteiger partial charge in [0, 0.05) is 54.6 Å². The van der Waals surface area contributed by atoms with Crippen LogP contribution in [0, 0.1) is 11.3 Å². The van der Waals surface area contributed by atoms with Crippen molar-refractivity contribution >= 4 is 28.4 Å². The Balaban J connectivity index is 1.50. The van der Waals surface area contributed by atoms with Gasteiger partial charge in [0.15, 0.2) is 0 Å². The number of aliphatic hydroxyl groups is 1. The minimum Gasteiger partial charge on any atom is -0.390 e. The number of likely N-dealkylation sites (tertiary alicyclic amines) is 1. The van der Waals surface area contributed by atoms with E-state index in [1.807, 2.05) is 19.3 Å². The molecule has 1 aliphatic carbocycles. The fourth-order valence-electron chi connectivity index (χ4n) is 5.58. The summed E-state index contributed by atoms with van der Waals surface area (Å²) in [5.41, 5.74) is 3.02. The van der Waals surface area contributed by atoms with Gasteiger partial charge in [-0.05, 0) is 88.8 Å². The van der Waals surface area contributed by atoms with E-state index in [4.69, 9.17) is 5.41 Å². The number of hydrogen-bond acceptors (Lipinski definition) is 7. The molecule has 1 unspecified atom stereocenters. The average Bonchev–Trinajstić information content (AvgIpc) is 2.89. The first kappa shape index (κ1) is 25.6. The molecule has 4 N–H and O–H groups in total. The lowest BCUT2D eigenvalue weighted by Gasteiger charge is -2.34. The zero-order chi connectivity index (χ0) is 24.8. The third kappa shape index (κ3) is 6.40. The minimum absolute atomic E-state index is 0.246. The quantitative estimate of drug-likeness (QED) is 0.320. The van der Waals surface area contributed by atoms with Crippen molar-refractivity contribution in [3.8, 4) is 0 Å². The van der Waals surface area contributed by atoms with Gasteiger partial charge in [-0.2, -0.15) is 0 Å². The highest BCUT2D eigenvalue weighted by Crippen LogP contribution is 2.30. The topological polar surface area (TPSA) is 87.5 Å². The molecule has 4 rings (SSSR count). The fourth-order valence-corrected chi connectivity index (χ4v) is 5.58. The summed E-state index contributed by atoms with van der Waals surface area (Å²) in [6, 6.07) is 8.90. The van der Waals surface area contributed by atoms with Crippen LogP contribution >= 0.6 is 0 Å². The number of piperidine rings is 1. The summed E-state index contributed by atoms with van der Waals surface area (Å²) in [7, 11) is 6.22. The monoisotopic (exact) mass is 478 g/mol. The van der Waals surface area contributed by atoms with Crippen molar-refractivity contribution in [1.29, 1.82) is 5.41 Å². The number of rotatable bonds is 9. The average molecular weight is 479 g/mol. The summed E-state index contributed by atoms with van der Waals surface area (Å²) in [4.78, 5) is 9.32. The van der Waals surface area contributed by atoms with Crippen molar-refractivity contribution in [2.45, 2.75) is 57.2 Å². The molecule has 0 amide bonds. The molecule has 2 heterocycles. The number of nitrogens with one attached hydrogen (secondary N) is 3. The van der Waals surface area contributed by atoms with Gasteiger partial charge in [-0.3, -0.25) is 4.90 Å². The molecule has 190 valence electrons. The Morgan fingerprint density at radius 3 is 2.54 bits per heavy atom. The first-order valence-corrected chi connectivity index (χ1v) is 13.1. The molecule has 0 spiro atoms. The molecule has 1 aromatic heterocycles. The lowest BCUT2D eigenvalue weighted by molar-refractivity contribution is 0.0848. The number of nitrogens with zero attached hydrogens (tertiary/aromatic N) is 3. The Labute approximate surface area is 210 Å². The highest BCUT2D eigenvalue weighted by atomic mass is 16.3. The van der Waals surface area contributed by atoms with E-state index in [1.54, 1.807) is 0 Å². The van der Waals surface area contributed by atoms with Crippen LogP contribution in [-0.2, 0) is 0 Å². The zero-order valence-electron chi connectivity index (χ0n) is 21.6. The summed E-state index contributed by atoms with van der Waals surface area (Å²) in [5, 5.41) is 27.7. The lowest BCUT2D eigenvalue weighted by Crippen LogP contribution is -2.37. The third-order valence-electron chi connectivity index (χ3n) is 7.85. The van der Waals surface area contributed by atoms with Crippen molar-refractivity contribution in [2.75, 3.05) is 46.1 Å². The van der Waals surface area contributed by atoms with E-state index in [1.165, 1.54) is 25.5 Å². The number of aromatic nitrogens is 1. The van der Waals surface area contributed by atoms with Gasteiger partial charge >= 0.3 is 0 Å². The molecule has 35 heavy (non-hydrogen) atoms. The molecular weight excluding hydrogens is 436 g/mol. The van der Waals surface area contributed by atoms with Crippen LogP contribution in [0.15, 0.2) is 36.2 Å². The molecule has 1 aliphatic heterocycles. The van der Waals surface area contributed by atoms with Gasteiger partial charge in [-0.1, -0.05) is 18.6 Å². The smallest absolute Gasteiger partial charge is 0.128 e. The van der Waals surface area contributed by atoms with Gasteiger partial charge < -0.3 is 26.0 Å². The Hall–Kier alpha value is -2.48. The lowest BCUT2D eigenvalue weighted by atomic mass is 9.84. The predicted molar refractivity (Wildman–Crippen MR) is 146 cm³/mol. The minimum atomic E-state index is -0.594. The molecule has 1 aromatic carbocycles. The highest BCUT2D eigenvalue weighted by Gasteiger charge is 2.27. The van der Waals surface area contributed by atoms with Gasteiger partial charge in [0.2, 0.25) is 0 Å². The Bertz CT molecular complexity index is 1020. The third-order valence-corrected chi connectivity index (χ3v) is 7.85. The van der Waals surface area contributed by atoms with Gasteiger partial charge in [0.1, 0.15) is 12.0 Å². The Morgan fingerprint density at radius 1 is 1.14 bits per heavy atom. The number of aliphatic hydroxyl groups excluding tert-OH is 1. The Kier molecular flexibility index (Phi) is 8.76. The van der Waals surface area contributed by atoms with E-state index in [0.29, 0.717) is 11.9 Å². The van der Waals surface area contributed by atoms with Crippen LogP contribution in [-0.4, -0.2) is 79.2 Å². The molecule has 0 bridgehead atoms. The maximum Gasteiger partial charge on any atom is 0.128 e. The number of likely N-dealkylation sites (N-methyl/N-ethyl adjacent to an activating group) is 1. The van der Waals surface area contributed by atoms with Gasteiger partial charge in [-0.15, -0.1) is 0 Å².